The maximum Gasteiger partial charge on any atom is 0.315 e. The van der Waals surface area contributed by atoms with Gasteiger partial charge in [0.05, 0.1) is 0 Å². The molecule has 5 rings (SSSR count). The average molecular weight is 516 g/mol. The van der Waals surface area contributed by atoms with Crippen molar-refractivity contribution >= 4 is 6.03 Å². The van der Waals surface area contributed by atoms with Gasteiger partial charge in [0.15, 0.2) is 0 Å². The molecule has 0 radical (unpaired) electrons. The molecule has 2 aromatic carbocycles. The van der Waals surface area contributed by atoms with Crippen LogP contribution in [-0.4, -0.2) is 31.2 Å². The fourth-order valence-corrected chi connectivity index (χ4v) is 7.23. The maximum absolute atomic E-state index is 12.4. The van der Waals surface area contributed by atoms with Gasteiger partial charge in [-0.1, -0.05) is 100 Å². The first kappa shape index (κ1) is 27.2. The van der Waals surface area contributed by atoms with Crippen LogP contribution in [0.3, 0.4) is 0 Å². The van der Waals surface area contributed by atoms with E-state index in [1.54, 1.807) is 0 Å². The third-order valence-electron chi connectivity index (χ3n) is 9.46. The molecule has 2 unspecified atom stereocenters. The largest absolute Gasteiger partial charge is 0.338 e. The summed E-state index contributed by atoms with van der Waals surface area (Å²) in [5.41, 5.74) is 5.81. The number of nitrogens with one attached hydrogen (secondary N) is 3. The second-order valence-corrected chi connectivity index (χ2v) is 12.2. The van der Waals surface area contributed by atoms with Crippen LogP contribution >= 0.6 is 0 Å². The van der Waals surface area contributed by atoms with Gasteiger partial charge in [-0.2, -0.15) is 0 Å². The third kappa shape index (κ3) is 7.00. The lowest BCUT2D eigenvalue weighted by molar-refractivity contribution is 0.237. The van der Waals surface area contributed by atoms with Crippen LogP contribution in [0.25, 0.3) is 0 Å². The van der Waals surface area contributed by atoms with Crippen molar-refractivity contribution in [1.29, 1.82) is 0 Å². The first-order valence-corrected chi connectivity index (χ1v) is 15.7. The molecule has 4 nitrogen and oxygen atoms in total. The standard InChI is InChI=1S/C34H49N3O/c1-2-3-22-35-34(38)37-31-23-32(36-24-31)33(29-18-14-27(15-19-29)25-10-6-4-7-11-25)30-20-16-28(17-21-30)26-12-8-5-9-13-26/h14-21,25-26,31-33,36H,2-13,22-24H2,1H3,(H2,35,37,38). The van der Waals surface area contributed by atoms with Gasteiger partial charge >= 0.3 is 6.03 Å². The number of carbonyl (C=O) groups excluding carboxylic acids is 1. The van der Waals surface area contributed by atoms with Crippen LogP contribution in [0, 0.1) is 0 Å². The fraction of sp³-hybridized carbons (Fsp3) is 0.618. The minimum Gasteiger partial charge on any atom is -0.338 e. The van der Waals surface area contributed by atoms with Crippen molar-refractivity contribution in [3.8, 4) is 0 Å². The Hall–Kier alpha value is -2.33. The molecule has 0 aromatic heterocycles. The van der Waals surface area contributed by atoms with Gasteiger partial charge in [0, 0.05) is 31.1 Å². The highest BCUT2D eigenvalue weighted by molar-refractivity contribution is 5.74. The van der Waals surface area contributed by atoms with E-state index in [0.717, 1.165) is 44.2 Å². The van der Waals surface area contributed by atoms with Gasteiger partial charge in [0.25, 0.3) is 0 Å². The number of rotatable bonds is 9. The Balaban J connectivity index is 1.32. The molecule has 2 amide bonds. The van der Waals surface area contributed by atoms with E-state index in [2.05, 4.69) is 71.4 Å². The second-order valence-electron chi connectivity index (χ2n) is 12.2. The molecule has 38 heavy (non-hydrogen) atoms. The molecule has 1 heterocycles. The van der Waals surface area contributed by atoms with E-state index in [-0.39, 0.29) is 18.0 Å². The summed E-state index contributed by atoms with van der Waals surface area (Å²) in [6.07, 6.45) is 16.7. The molecule has 3 aliphatic rings. The summed E-state index contributed by atoms with van der Waals surface area (Å²) in [5.74, 6) is 1.75. The molecule has 3 fully saturated rings. The van der Waals surface area contributed by atoms with Crippen molar-refractivity contribution in [2.75, 3.05) is 13.1 Å². The lowest BCUT2D eigenvalue weighted by Gasteiger charge is -2.28. The summed E-state index contributed by atoms with van der Waals surface area (Å²) in [5, 5.41) is 10.0. The maximum atomic E-state index is 12.4. The van der Waals surface area contributed by atoms with E-state index in [1.165, 1.54) is 86.5 Å². The van der Waals surface area contributed by atoms with E-state index in [4.69, 9.17) is 0 Å². The highest BCUT2D eigenvalue weighted by Gasteiger charge is 2.33. The third-order valence-corrected chi connectivity index (χ3v) is 9.46. The molecule has 0 bridgehead atoms. The Morgan fingerprint density at radius 1 is 0.816 bits per heavy atom. The van der Waals surface area contributed by atoms with Crippen LogP contribution in [-0.2, 0) is 0 Å². The molecular formula is C34H49N3O. The number of hydrogen-bond donors (Lipinski definition) is 3. The van der Waals surface area contributed by atoms with Crippen LogP contribution in [0.2, 0.25) is 0 Å². The smallest absolute Gasteiger partial charge is 0.315 e. The van der Waals surface area contributed by atoms with Crippen molar-refractivity contribution < 1.29 is 4.79 Å². The predicted octanol–water partition coefficient (Wildman–Crippen LogP) is 7.74. The quantitative estimate of drug-likeness (QED) is 0.299. The van der Waals surface area contributed by atoms with E-state index < -0.39 is 0 Å². The highest BCUT2D eigenvalue weighted by Crippen LogP contribution is 2.38. The van der Waals surface area contributed by atoms with Crippen molar-refractivity contribution in [3.63, 3.8) is 0 Å². The Labute approximate surface area is 230 Å². The normalized spacial score (nSPS) is 23.0. The summed E-state index contributed by atoms with van der Waals surface area (Å²) >= 11 is 0. The number of carbonyl (C=O) groups is 1. The minimum absolute atomic E-state index is 0.0314. The van der Waals surface area contributed by atoms with Crippen molar-refractivity contribution in [1.82, 2.24) is 16.0 Å². The van der Waals surface area contributed by atoms with Gasteiger partial charge in [-0.05, 0) is 72.6 Å². The van der Waals surface area contributed by atoms with Crippen molar-refractivity contribution in [2.45, 2.75) is 120 Å². The van der Waals surface area contributed by atoms with Crippen LogP contribution < -0.4 is 16.0 Å². The molecule has 2 aromatic rings. The molecule has 2 atom stereocenters. The number of hydrogen-bond acceptors (Lipinski definition) is 2. The second kappa shape index (κ2) is 13.6. The van der Waals surface area contributed by atoms with Crippen LogP contribution in [0.15, 0.2) is 48.5 Å². The molecule has 206 valence electrons. The molecule has 2 aliphatic carbocycles. The number of benzene rings is 2. The predicted molar refractivity (Wildman–Crippen MR) is 158 cm³/mol. The molecule has 1 aliphatic heterocycles. The van der Waals surface area contributed by atoms with Gasteiger partial charge in [-0.25, -0.2) is 4.79 Å². The lowest BCUT2D eigenvalue weighted by atomic mass is 9.79. The van der Waals surface area contributed by atoms with Crippen LogP contribution in [0.4, 0.5) is 4.79 Å². The van der Waals surface area contributed by atoms with Gasteiger partial charge < -0.3 is 16.0 Å². The fourth-order valence-electron chi connectivity index (χ4n) is 7.23. The topological polar surface area (TPSA) is 53.2 Å². The van der Waals surface area contributed by atoms with E-state index >= 15 is 0 Å². The average Bonchev–Trinajstić information content (AvgIpc) is 3.42. The van der Waals surface area contributed by atoms with Gasteiger partial charge in [-0.3, -0.25) is 0 Å². The molecule has 0 spiro atoms. The molecule has 1 saturated heterocycles. The molecule has 4 heteroatoms. The molecule has 2 saturated carbocycles. The van der Waals surface area contributed by atoms with Gasteiger partial charge in [-0.15, -0.1) is 0 Å². The Morgan fingerprint density at radius 2 is 1.34 bits per heavy atom. The number of urea groups is 1. The molecular weight excluding hydrogens is 466 g/mol. The highest BCUT2D eigenvalue weighted by atomic mass is 16.2. The Bertz CT molecular complexity index is 928. The van der Waals surface area contributed by atoms with Crippen LogP contribution in [0.5, 0.6) is 0 Å². The van der Waals surface area contributed by atoms with Gasteiger partial charge in [0.1, 0.15) is 0 Å². The summed E-state index contributed by atoms with van der Waals surface area (Å²) in [6, 6.07) is 19.6. The minimum atomic E-state index is -0.0314. The summed E-state index contributed by atoms with van der Waals surface area (Å²) in [4.78, 5) is 12.4. The zero-order chi connectivity index (χ0) is 26.2. The zero-order valence-electron chi connectivity index (χ0n) is 23.5. The first-order chi connectivity index (χ1) is 18.7. The van der Waals surface area contributed by atoms with Crippen molar-refractivity contribution in [2.24, 2.45) is 0 Å². The lowest BCUT2D eigenvalue weighted by Crippen LogP contribution is -2.43. The van der Waals surface area contributed by atoms with Gasteiger partial charge in [0.2, 0.25) is 0 Å². The first-order valence-electron chi connectivity index (χ1n) is 15.7. The number of amides is 2. The summed E-state index contributed by atoms with van der Waals surface area (Å²) in [7, 11) is 0. The summed E-state index contributed by atoms with van der Waals surface area (Å²) < 4.78 is 0. The van der Waals surface area contributed by atoms with E-state index in [9.17, 15) is 4.79 Å². The van der Waals surface area contributed by atoms with Crippen LogP contribution in [0.1, 0.15) is 130 Å². The Kier molecular flexibility index (Phi) is 9.78. The van der Waals surface area contributed by atoms with E-state index in [1.807, 2.05) is 0 Å². The zero-order valence-corrected chi connectivity index (χ0v) is 23.5. The SMILES string of the molecule is CCCCNC(=O)NC1CNC(C(c2ccc(C3CCCCC3)cc2)c2ccc(C3CCCCC3)cc2)C1. The van der Waals surface area contributed by atoms with E-state index in [0.29, 0.717) is 6.04 Å². The Morgan fingerprint density at radius 3 is 1.84 bits per heavy atom. The van der Waals surface area contributed by atoms with Crippen molar-refractivity contribution in [3.05, 3.63) is 70.8 Å². The monoisotopic (exact) mass is 515 g/mol. The summed E-state index contributed by atoms with van der Waals surface area (Å²) in [6.45, 7) is 3.71. The molecule has 3 N–H and O–H groups in total. The number of unbranched alkanes of at least 4 members (excludes halogenated alkanes) is 1.